The van der Waals surface area contributed by atoms with Crippen molar-refractivity contribution in [2.24, 2.45) is 0 Å². The van der Waals surface area contributed by atoms with Crippen LogP contribution in [0.4, 0.5) is 0 Å². The Morgan fingerprint density at radius 3 is 2.77 bits per heavy atom. The van der Waals surface area contributed by atoms with Crippen LogP contribution in [0.3, 0.4) is 0 Å². The lowest BCUT2D eigenvalue weighted by Gasteiger charge is -2.19. The molecule has 4 rings (SSSR count). The second-order valence-electron chi connectivity index (χ2n) is 6.81. The zero-order chi connectivity index (χ0) is 21.1. The van der Waals surface area contributed by atoms with Gasteiger partial charge in [-0.2, -0.15) is 5.10 Å². The first-order valence-electron chi connectivity index (χ1n) is 9.45. The van der Waals surface area contributed by atoms with E-state index in [1.807, 2.05) is 36.4 Å². The van der Waals surface area contributed by atoms with Crippen LogP contribution >= 0.6 is 0 Å². The van der Waals surface area contributed by atoms with E-state index in [0.717, 1.165) is 17.1 Å². The van der Waals surface area contributed by atoms with Crippen LogP contribution in [0.1, 0.15) is 34.0 Å². The molecule has 0 unspecified atom stereocenters. The fraction of sp³-hybridized carbons (Fsp3) is 0.227. The van der Waals surface area contributed by atoms with Crippen molar-refractivity contribution in [3.8, 4) is 17.0 Å². The van der Waals surface area contributed by atoms with Gasteiger partial charge in [0.05, 0.1) is 26.0 Å². The second kappa shape index (κ2) is 8.28. The predicted octanol–water partition coefficient (Wildman–Crippen LogP) is 3.29. The molecule has 1 atom stereocenters. The smallest absolute Gasteiger partial charge is 0.341 e. The molecule has 0 amide bonds. The van der Waals surface area contributed by atoms with Gasteiger partial charge in [0.1, 0.15) is 22.8 Å². The molecule has 1 aromatic carbocycles. The molecule has 154 valence electrons. The van der Waals surface area contributed by atoms with Crippen molar-refractivity contribution in [1.82, 2.24) is 14.8 Å². The van der Waals surface area contributed by atoms with Gasteiger partial charge in [-0.25, -0.2) is 9.89 Å². The molecule has 0 aliphatic carbocycles. The van der Waals surface area contributed by atoms with E-state index in [0.29, 0.717) is 24.2 Å². The van der Waals surface area contributed by atoms with Gasteiger partial charge in [-0.15, -0.1) is 0 Å². The van der Waals surface area contributed by atoms with Crippen molar-refractivity contribution in [1.29, 1.82) is 0 Å². The molecule has 0 spiro atoms. The van der Waals surface area contributed by atoms with Crippen LogP contribution in [0.5, 0.6) is 5.75 Å². The highest BCUT2D eigenvalue weighted by Crippen LogP contribution is 2.35. The Morgan fingerprint density at radius 1 is 1.20 bits per heavy atom. The van der Waals surface area contributed by atoms with Crippen molar-refractivity contribution < 1.29 is 18.7 Å². The van der Waals surface area contributed by atoms with Crippen LogP contribution in [0, 0.1) is 0 Å². The first-order valence-corrected chi connectivity index (χ1v) is 9.45. The number of fused-ring (bicyclic) bond motifs is 1. The van der Waals surface area contributed by atoms with E-state index in [9.17, 15) is 9.59 Å². The van der Waals surface area contributed by atoms with Crippen LogP contribution in [0.2, 0.25) is 0 Å². The third kappa shape index (κ3) is 3.59. The van der Waals surface area contributed by atoms with Gasteiger partial charge in [0.25, 0.3) is 5.56 Å². The molecular weight excluding hydrogens is 386 g/mol. The summed E-state index contributed by atoms with van der Waals surface area (Å²) in [7, 11) is 2.93. The number of pyridine rings is 1. The average Bonchev–Trinajstić information content (AvgIpc) is 3.44. The van der Waals surface area contributed by atoms with Gasteiger partial charge in [0, 0.05) is 30.4 Å². The highest BCUT2D eigenvalue weighted by Gasteiger charge is 2.24. The van der Waals surface area contributed by atoms with Crippen LogP contribution < -0.4 is 10.3 Å². The predicted molar refractivity (Wildman–Crippen MR) is 109 cm³/mol. The molecule has 3 heterocycles. The van der Waals surface area contributed by atoms with Gasteiger partial charge in [-0.3, -0.25) is 4.79 Å². The van der Waals surface area contributed by atoms with Crippen molar-refractivity contribution in [3.05, 3.63) is 82.3 Å². The van der Waals surface area contributed by atoms with Crippen LogP contribution in [-0.4, -0.2) is 35.0 Å². The first-order chi connectivity index (χ1) is 14.6. The topological polar surface area (TPSA) is 99.4 Å². The van der Waals surface area contributed by atoms with Gasteiger partial charge in [0.2, 0.25) is 0 Å². The van der Waals surface area contributed by atoms with Crippen molar-refractivity contribution in [2.75, 3.05) is 14.2 Å². The summed E-state index contributed by atoms with van der Waals surface area (Å²) in [6.45, 7) is 0.522. The molecule has 8 nitrogen and oxygen atoms in total. The molecule has 0 fully saturated rings. The number of nitrogens with one attached hydrogen (secondary N) is 1. The number of carbonyl (C=O) groups is 1. The van der Waals surface area contributed by atoms with Gasteiger partial charge in [0.15, 0.2) is 0 Å². The largest absolute Gasteiger partial charge is 0.496 e. The molecule has 1 aromatic heterocycles. The Hall–Kier alpha value is -3.81. The first kappa shape index (κ1) is 19.5. The standard InChI is InChI=1S/C22H21N3O5/c1-28-18-7-4-3-6-14(18)15(19-8-5-11-30-19)9-10-25-12-16-20(23-24-21(16)26)17(13-25)22(27)29-2/h3-8,11-13,15H,9-10H2,1-2H3,(H,24,26)/t15-/m1/s1. The SMILES string of the molecule is COC(=O)c1cn(CC[C@@H](c2ccco2)c2ccccc2OC)cc2c(=O)[nH]nc1-2. The highest BCUT2D eigenvalue weighted by molar-refractivity contribution is 5.95. The van der Waals surface area contributed by atoms with E-state index in [4.69, 9.17) is 13.9 Å². The number of esters is 1. The molecule has 30 heavy (non-hydrogen) atoms. The summed E-state index contributed by atoms with van der Waals surface area (Å²) in [6.07, 6.45) is 5.63. The van der Waals surface area contributed by atoms with E-state index in [-0.39, 0.29) is 17.0 Å². The quantitative estimate of drug-likeness (QED) is 0.472. The van der Waals surface area contributed by atoms with E-state index >= 15 is 0 Å². The van der Waals surface area contributed by atoms with Gasteiger partial charge < -0.3 is 18.5 Å². The molecule has 0 saturated carbocycles. The van der Waals surface area contributed by atoms with Gasteiger partial charge >= 0.3 is 5.97 Å². The van der Waals surface area contributed by atoms with Crippen LogP contribution in [0.25, 0.3) is 11.3 Å². The Balaban J connectivity index is 1.70. The number of para-hydroxylation sites is 1. The molecule has 0 saturated heterocycles. The van der Waals surface area contributed by atoms with E-state index in [1.54, 1.807) is 30.3 Å². The minimum Gasteiger partial charge on any atom is -0.496 e. The molecule has 0 bridgehead atoms. The number of H-pyrrole nitrogens is 1. The molecule has 2 aliphatic heterocycles. The lowest BCUT2D eigenvalue weighted by atomic mass is 9.92. The summed E-state index contributed by atoms with van der Waals surface area (Å²) < 4.78 is 17.9. The number of rotatable bonds is 7. The zero-order valence-corrected chi connectivity index (χ0v) is 16.6. The zero-order valence-electron chi connectivity index (χ0n) is 16.6. The molecule has 0 radical (unpaired) electrons. The summed E-state index contributed by atoms with van der Waals surface area (Å²) in [6, 6.07) is 11.6. The average molecular weight is 407 g/mol. The Bertz CT molecular complexity index is 1180. The minimum absolute atomic E-state index is 0.0722. The fourth-order valence-electron chi connectivity index (χ4n) is 3.65. The normalized spacial score (nSPS) is 12.1. The van der Waals surface area contributed by atoms with Crippen LogP contribution in [-0.2, 0) is 11.3 Å². The van der Waals surface area contributed by atoms with E-state index in [1.165, 1.54) is 7.11 Å². The summed E-state index contributed by atoms with van der Waals surface area (Å²) in [5.41, 5.74) is 1.52. The van der Waals surface area contributed by atoms with E-state index < -0.39 is 5.97 Å². The molecule has 8 heteroatoms. The maximum atomic E-state index is 12.2. The summed E-state index contributed by atoms with van der Waals surface area (Å²) in [5, 5.41) is 6.34. The number of hydrogen-bond acceptors (Lipinski definition) is 6. The van der Waals surface area contributed by atoms with Crippen molar-refractivity contribution >= 4 is 5.97 Å². The Labute approximate surface area is 172 Å². The summed E-state index contributed by atoms with van der Waals surface area (Å²) in [4.78, 5) is 24.3. The molecular formula is C22H21N3O5. The molecule has 2 aliphatic rings. The number of nitrogens with zero attached hydrogens (tertiary/aromatic N) is 2. The molecule has 2 aromatic rings. The third-order valence-corrected chi connectivity index (χ3v) is 5.10. The third-order valence-electron chi connectivity index (χ3n) is 5.10. The van der Waals surface area contributed by atoms with E-state index in [2.05, 4.69) is 10.2 Å². The number of hydrogen-bond donors (Lipinski definition) is 1. The number of methoxy groups -OCH3 is 2. The lowest BCUT2D eigenvalue weighted by molar-refractivity contribution is 0.0600. The Kier molecular flexibility index (Phi) is 5.38. The van der Waals surface area contributed by atoms with Crippen molar-refractivity contribution in [2.45, 2.75) is 18.9 Å². The summed E-state index contributed by atoms with van der Waals surface area (Å²) >= 11 is 0. The number of furan rings is 1. The minimum atomic E-state index is -0.548. The maximum Gasteiger partial charge on any atom is 0.341 e. The highest BCUT2D eigenvalue weighted by atomic mass is 16.5. The van der Waals surface area contributed by atoms with Crippen LogP contribution in [0.15, 0.2) is 64.3 Å². The van der Waals surface area contributed by atoms with Gasteiger partial charge in [-0.05, 0) is 24.6 Å². The van der Waals surface area contributed by atoms with Crippen molar-refractivity contribution in [3.63, 3.8) is 0 Å². The fourth-order valence-corrected chi connectivity index (χ4v) is 3.65. The number of aromatic amines is 1. The van der Waals surface area contributed by atoms with Gasteiger partial charge in [-0.1, -0.05) is 18.2 Å². The Morgan fingerprint density at radius 2 is 2.03 bits per heavy atom. The number of benzene rings is 1. The maximum absolute atomic E-state index is 12.2. The summed E-state index contributed by atoms with van der Waals surface area (Å²) in [5.74, 6) is 0.957. The molecule has 1 N–H and O–H groups in total. The lowest BCUT2D eigenvalue weighted by Crippen LogP contribution is -2.13. The number of aryl methyl sites for hydroxylation is 1. The number of ether oxygens (including phenoxy) is 2. The second-order valence-corrected chi connectivity index (χ2v) is 6.81. The number of carbonyl (C=O) groups excluding carboxylic acids is 1. The number of aromatic nitrogens is 3. The monoisotopic (exact) mass is 407 g/mol.